The third kappa shape index (κ3) is 11.3. The van der Waals surface area contributed by atoms with Crippen molar-refractivity contribution in [2.45, 2.75) is 6.92 Å². The summed E-state index contributed by atoms with van der Waals surface area (Å²) in [6.07, 6.45) is 0. The van der Waals surface area contributed by atoms with Crippen LogP contribution >= 0.6 is 0 Å². The van der Waals surface area contributed by atoms with E-state index in [9.17, 15) is 0 Å². The molecule has 0 aliphatic carbocycles. The third-order valence-electron chi connectivity index (χ3n) is 16.6. The van der Waals surface area contributed by atoms with Crippen molar-refractivity contribution in [3.05, 3.63) is 363 Å². The highest BCUT2D eigenvalue weighted by Crippen LogP contribution is 2.45. The number of hydrogen-bond donors (Lipinski definition) is 0. The molecule has 0 aliphatic rings. The second kappa shape index (κ2) is 24.5. The molecule has 0 heterocycles. The molecule has 0 radical (unpaired) electrons. The summed E-state index contributed by atoms with van der Waals surface area (Å²) in [5.74, 6) is 0. The highest BCUT2D eigenvalue weighted by atomic mass is 15.1. The van der Waals surface area contributed by atoms with E-state index in [4.69, 9.17) is 0 Å². The van der Waals surface area contributed by atoms with Gasteiger partial charge in [-0.15, -0.1) is 0 Å². The number of nitrogens with zero attached hydrogens (tertiary/aromatic N) is 2. The van der Waals surface area contributed by atoms with E-state index < -0.39 is 0 Å². The van der Waals surface area contributed by atoms with E-state index in [-0.39, 0.29) is 0 Å². The van der Waals surface area contributed by atoms with Gasteiger partial charge in [-0.1, -0.05) is 291 Å². The average molecular weight is 1110 g/mol. The van der Waals surface area contributed by atoms with Crippen LogP contribution in [0.1, 0.15) is 5.56 Å². The first-order valence-electron chi connectivity index (χ1n) is 29.9. The van der Waals surface area contributed by atoms with Crippen molar-refractivity contribution in [3.63, 3.8) is 0 Å². The van der Waals surface area contributed by atoms with Gasteiger partial charge < -0.3 is 9.80 Å². The van der Waals surface area contributed by atoms with Gasteiger partial charge in [0.05, 0.1) is 0 Å². The molecule has 0 unspecified atom stereocenters. The Morgan fingerprint density at radius 3 is 0.954 bits per heavy atom. The lowest BCUT2D eigenvalue weighted by Gasteiger charge is -2.27. The fourth-order valence-corrected chi connectivity index (χ4v) is 12.2. The Labute approximate surface area is 510 Å². The fourth-order valence-electron chi connectivity index (χ4n) is 12.2. The number of anilines is 6. The molecule has 0 amide bonds. The van der Waals surface area contributed by atoms with Crippen molar-refractivity contribution in [1.29, 1.82) is 0 Å². The SMILES string of the molecule is Cc1ccc(N(c2ccc(-c3cccc4ccccc34)cc2)c2cc(-c3ccccc3)c3ccccc3c2)cc1.c1ccc(-c2ccc(N(c3ccc(-c4ccccc4)cc3)c3cc(-c4ccccc4)c4cccc(-c5ccccc5)c4c3)cc2)cc1. The second-order valence-corrected chi connectivity index (χ2v) is 22.1. The predicted molar refractivity (Wildman–Crippen MR) is 372 cm³/mol. The van der Waals surface area contributed by atoms with Crippen LogP contribution in [0.3, 0.4) is 0 Å². The first-order chi connectivity index (χ1) is 43.1. The van der Waals surface area contributed by atoms with Gasteiger partial charge in [-0.05, 0) is 179 Å². The number of hydrogen-bond acceptors (Lipinski definition) is 2. The van der Waals surface area contributed by atoms with Crippen molar-refractivity contribution >= 4 is 66.4 Å². The van der Waals surface area contributed by atoms with Crippen LogP contribution in [0.15, 0.2) is 358 Å². The predicted octanol–water partition coefficient (Wildman–Crippen LogP) is 24.1. The molecule has 2 nitrogen and oxygen atoms in total. The maximum Gasteiger partial charge on any atom is 0.0474 e. The molecule has 87 heavy (non-hydrogen) atoms. The van der Waals surface area contributed by atoms with E-state index in [0.29, 0.717) is 0 Å². The third-order valence-corrected chi connectivity index (χ3v) is 16.6. The van der Waals surface area contributed by atoms with Crippen LogP contribution < -0.4 is 9.80 Å². The molecule has 0 spiro atoms. The summed E-state index contributed by atoms with van der Waals surface area (Å²) in [5.41, 5.74) is 22.5. The molecule has 0 aliphatic heterocycles. The highest BCUT2D eigenvalue weighted by molar-refractivity contribution is 6.08. The van der Waals surface area contributed by atoms with Crippen molar-refractivity contribution in [3.8, 4) is 66.8 Å². The van der Waals surface area contributed by atoms with Crippen LogP contribution in [0, 0.1) is 6.92 Å². The molecule has 15 aromatic carbocycles. The van der Waals surface area contributed by atoms with Crippen LogP contribution in [-0.2, 0) is 0 Å². The minimum Gasteiger partial charge on any atom is -0.310 e. The molecular formula is C85H62N2. The molecule has 0 bridgehead atoms. The lowest BCUT2D eigenvalue weighted by molar-refractivity contribution is 1.28. The van der Waals surface area contributed by atoms with Gasteiger partial charge in [-0.2, -0.15) is 0 Å². The van der Waals surface area contributed by atoms with E-state index >= 15 is 0 Å². The maximum absolute atomic E-state index is 2.39. The Kier molecular flexibility index (Phi) is 15.1. The van der Waals surface area contributed by atoms with Crippen LogP contribution in [0.25, 0.3) is 99.1 Å². The van der Waals surface area contributed by atoms with Gasteiger partial charge in [-0.25, -0.2) is 0 Å². The Bertz CT molecular complexity index is 4710. The smallest absolute Gasteiger partial charge is 0.0474 e. The van der Waals surface area contributed by atoms with Crippen LogP contribution in [-0.4, -0.2) is 0 Å². The number of benzene rings is 15. The first kappa shape index (κ1) is 53.7. The standard InChI is InChI=1S/C46H33N.C39H29N/c1-5-14-34(15-6-1)36-24-28-40(29-25-36)47(41-30-26-37(27-31-41)35-16-7-2-8-17-35)42-32-45(39-20-11-4-12-21-39)44-23-13-22-43(46(44)33-42)38-18-9-3-10-19-38;1-28-18-22-33(23-19-28)40(34-24-20-31(21-25-34)37-17-9-14-29-12-5-7-15-36(29)37)35-26-32-13-6-8-16-38(32)39(27-35)30-10-3-2-4-11-30/h1-33H;2-27H,1H3. The summed E-state index contributed by atoms with van der Waals surface area (Å²) >= 11 is 0. The Balaban J connectivity index is 0.000000155. The van der Waals surface area contributed by atoms with E-state index in [1.54, 1.807) is 0 Å². The normalized spacial score (nSPS) is 11.0. The van der Waals surface area contributed by atoms with Crippen LogP contribution in [0.2, 0.25) is 0 Å². The minimum absolute atomic E-state index is 1.10. The molecular weight excluding hydrogens is 1050 g/mol. The van der Waals surface area contributed by atoms with Crippen molar-refractivity contribution < 1.29 is 0 Å². The summed E-state index contributed by atoms with van der Waals surface area (Å²) in [4.78, 5) is 4.75. The molecule has 15 aromatic rings. The van der Waals surface area contributed by atoms with Crippen LogP contribution in [0.4, 0.5) is 34.1 Å². The minimum atomic E-state index is 1.10. The Morgan fingerprint density at radius 1 is 0.172 bits per heavy atom. The zero-order valence-corrected chi connectivity index (χ0v) is 48.5. The van der Waals surface area contributed by atoms with Gasteiger partial charge in [0.25, 0.3) is 0 Å². The molecule has 0 aromatic heterocycles. The van der Waals surface area contributed by atoms with Crippen molar-refractivity contribution in [1.82, 2.24) is 0 Å². The van der Waals surface area contributed by atoms with E-state index in [2.05, 4.69) is 375 Å². The maximum atomic E-state index is 2.39. The number of fused-ring (bicyclic) bond motifs is 3. The molecule has 2 heteroatoms. The van der Waals surface area contributed by atoms with Gasteiger partial charge in [0.2, 0.25) is 0 Å². The molecule has 0 N–H and O–H groups in total. The van der Waals surface area contributed by atoms with Gasteiger partial charge >= 0.3 is 0 Å². The molecule has 0 saturated heterocycles. The molecule has 15 rings (SSSR count). The fraction of sp³-hybridized carbons (Fsp3) is 0.0118. The van der Waals surface area contributed by atoms with Crippen molar-refractivity contribution in [2.75, 3.05) is 9.80 Å². The molecule has 0 atom stereocenters. The second-order valence-electron chi connectivity index (χ2n) is 22.1. The largest absolute Gasteiger partial charge is 0.310 e. The first-order valence-corrected chi connectivity index (χ1v) is 29.9. The Morgan fingerprint density at radius 2 is 0.471 bits per heavy atom. The zero-order chi connectivity index (χ0) is 58.3. The van der Waals surface area contributed by atoms with Gasteiger partial charge in [0.15, 0.2) is 0 Å². The quantitative estimate of drug-likeness (QED) is 0.120. The van der Waals surface area contributed by atoms with Gasteiger partial charge in [-0.3, -0.25) is 0 Å². The summed E-state index contributed by atoms with van der Waals surface area (Å²) in [6.45, 7) is 2.14. The van der Waals surface area contributed by atoms with Gasteiger partial charge in [0.1, 0.15) is 0 Å². The summed E-state index contributed by atoms with van der Waals surface area (Å²) in [5, 5.41) is 7.48. The topological polar surface area (TPSA) is 6.48 Å². The molecule has 412 valence electrons. The zero-order valence-electron chi connectivity index (χ0n) is 48.5. The summed E-state index contributed by atoms with van der Waals surface area (Å²) in [6, 6.07) is 129. The van der Waals surface area contributed by atoms with E-state index in [0.717, 1.165) is 34.1 Å². The van der Waals surface area contributed by atoms with Crippen LogP contribution in [0.5, 0.6) is 0 Å². The number of rotatable bonds is 12. The van der Waals surface area contributed by atoms with E-state index in [1.807, 2.05) is 0 Å². The monoisotopic (exact) mass is 1110 g/mol. The summed E-state index contributed by atoms with van der Waals surface area (Å²) < 4.78 is 0. The number of aryl methyl sites for hydroxylation is 1. The lowest BCUT2D eigenvalue weighted by Crippen LogP contribution is -2.10. The lowest BCUT2D eigenvalue weighted by atomic mass is 9.91. The van der Waals surface area contributed by atoms with Crippen molar-refractivity contribution in [2.24, 2.45) is 0 Å². The summed E-state index contributed by atoms with van der Waals surface area (Å²) in [7, 11) is 0. The van der Waals surface area contributed by atoms with Gasteiger partial charge in [0, 0.05) is 34.1 Å². The highest BCUT2D eigenvalue weighted by Gasteiger charge is 2.20. The Hall–Kier alpha value is -11.3. The molecule has 0 saturated carbocycles. The average Bonchev–Trinajstić information content (AvgIpc) is 2.89. The van der Waals surface area contributed by atoms with E-state index in [1.165, 1.54) is 105 Å². The molecule has 0 fully saturated rings.